The minimum absolute atomic E-state index is 0.0262. The Hall–Kier alpha value is -6.77. The molecule has 0 unspecified atom stereocenters. The molecule has 4 rings (SSSR count). The van der Waals surface area contributed by atoms with Gasteiger partial charge in [-0.25, -0.2) is 4.79 Å². The van der Waals surface area contributed by atoms with Crippen LogP contribution in [0, 0.1) is 0 Å². The number of hydrogen-bond donors (Lipinski definition) is 7. The summed E-state index contributed by atoms with van der Waals surface area (Å²) in [5.41, 5.74) is 5.14. The molecule has 28 heteroatoms. The van der Waals surface area contributed by atoms with E-state index in [9.17, 15) is 33.6 Å². The largest absolute Gasteiger partial charge is 0.449 e. The predicted octanol–water partition coefficient (Wildman–Crippen LogP) is 1.59. The minimum atomic E-state index is -1.09. The third-order valence-corrected chi connectivity index (χ3v) is 13.6. The molecule has 1 aliphatic carbocycles. The van der Waals surface area contributed by atoms with Gasteiger partial charge in [-0.2, -0.15) is 0 Å². The molecule has 520 valence electrons. The van der Waals surface area contributed by atoms with Gasteiger partial charge in [0.15, 0.2) is 0 Å². The number of rotatable bonds is 58. The zero-order chi connectivity index (χ0) is 66.5. The molecular weight excluding hydrogens is 1210 g/mol. The van der Waals surface area contributed by atoms with Gasteiger partial charge in [-0.15, -0.1) is 0 Å². The Bertz CT molecular complexity index is 2480. The summed E-state index contributed by atoms with van der Waals surface area (Å²) in [4.78, 5) is 90.8. The number of fused-ring (bicyclic) bond motifs is 3. The molecule has 1 aliphatic rings. The summed E-state index contributed by atoms with van der Waals surface area (Å²) in [6.45, 7) is 10.7. The number of methoxy groups -OCH3 is 1. The van der Waals surface area contributed by atoms with Gasteiger partial charge in [0.1, 0.15) is 25.4 Å². The topological polar surface area (TPSA) is 333 Å². The van der Waals surface area contributed by atoms with Crippen molar-refractivity contribution in [2.75, 3.05) is 205 Å². The third-order valence-electron chi connectivity index (χ3n) is 13.6. The van der Waals surface area contributed by atoms with Crippen molar-refractivity contribution < 1.29 is 99.9 Å². The highest BCUT2D eigenvalue weighted by Crippen LogP contribution is 2.44. The Morgan fingerprint density at radius 2 is 0.817 bits per heavy atom. The van der Waals surface area contributed by atoms with Gasteiger partial charge in [0.2, 0.25) is 35.4 Å². The SMILES string of the molecule is CCOCNC(=O)CNC(=O)[C@H](Cc1ccccc1)NC(=O)CNC(=O)CNC(=O)[C@H](CCCCNC(=O)OCC1c2ccccc2-c2ccccc21)NC(=O)CCOCCOCCOCCOCCOCCOCCOCCOCCOCCOCCOCCOC. The summed E-state index contributed by atoms with van der Waals surface area (Å²) in [5, 5.41) is 18.1. The maximum absolute atomic E-state index is 13.5. The number of carbonyl (C=O) groups is 7. The lowest BCUT2D eigenvalue weighted by Crippen LogP contribution is -2.53. The number of nitrogens with one attached hydrogen (secondary N) is 7. The monoisotopic (exact) mass is 1310 g/mol. The van der Waals surface area contributed by atoms with Crippen LogP contribution in [0.25, 0.3) is 11.1 Å². The van der Waals surface area contributed by atoms with Crippen LogP contribution in [0.4, 0.5) is 4.79 Å². The number of carbonyl (C=O) groups excluding carboxylic acids is 7. The Morgan fingerprint density at radius 3 is 1.29 bits per heavy atom. The van der Waals surface area contributed by atoms with Crippen molar-refractivity contribution in [2.45, 2.75) is 57.0 Å². The molecule has 3 aromatic carbocycles. The molecule has 2 atom stereocenters. The number of ether oxygens (including phenoxy) is 14. The van der Waals surface area contributed by atoms with Gasteiger partial charge in [-0.05, 0) is 54.0 Å². The lowest BCUT2D eigenvalue weighted by atomic mass is 9.98. The second kappa shape index (κ2) is 52.6. The van der Waals surface area contributed by atoms with E-state index in [1.54, 1.807) is 44.4 Å². The molecule has 0 aromatic heterocycles. The zero-order valence-electron chi connectivity index (χ0n) is 54.1. The molecule has 7 N–H and O–H groups in total. The molecule has 28 nitrogen and oxygen atoms in total. The highest BCUT2D eigenvalue weighted by Gasteiger charge is 2.29. The molecule has 0 radical (unpaired) electrons. The average Bonchev–Trinajstić information content (AvgIpc) is 1.62. The van der Waals surface area contributed by atoms with E-state index in [1.165, 1.54) is 0 Å². The van der Waals surface area contributed by atoms with E-state index in [0.29, 0.717) is 152 Å². The summed E-state index contributed by atoms with van der Waals surface area (Å²) in [7, 11) is 1.63. The number of hydrogen-bond acceptors (Lipinski definition) is 21. The van der Waals surface area contributed by atoms with Crippen molar-refractivity contribution in [2.24, 2.45) is 0 Å². The van der Waals surface area contributed by atoms with Crippen molar-refractivity contribution in [3.63, 3.8) is 0 Å². The van der Waals surface area contributed by atoms with Crippen molar-refractivity contribution in [1.29, 1.82) is 0 Å². The van der Waals surface area contributed by atoms with Gasteiger partial charge in [0.25, 0.3) is 0 Å². The Balaban J connectivity index is 1.05. The van der Waals surface area contributed by atoms with Crippen LogP contribution in [0.15, 0.2) is 78.9 Å². The third kappa shape index (κ3) is 37.6. The smallest absolute Gasteiger partial charge is 0.407 e. The fourth-order valence-corrected chi connectivity index (χ4v) is 8.88. The van der Waals surface area contributed by atoms with Crippen LogP contribution in [-0.2, 0) is 102 Å². The van der Waals surface area contributed by atoms with Gasteiger partial charge < -0.3 is 104 Å². The minimum Gasteiger partial charge on any atom is -0.449 e. The molecular formula is C65H99N7O21. The lowest BCUT2D eigenvalue weighted by Gasteiger charge is -2.20. The first-order chi connectivity index (χ1) is 45.6. The van der Waals surface area contributed by atoms with Crippen molar-refractivity contribution in [3.8, 4) is 11.1 Å². The maximum Gasteiger partial charge on any atom is 0.407 e. The van der Waals surface area contributed by atoms with Crippen LogP contribution >= 0.6 is 0 Å². The number of unbranched alkanes of at least 4 members (excludes halogenated alkanes) is 1. The Morgan fingerprint density at radius 1 is 0.409 bits per heavy atom. The summed E-state index contributed by atoms with van der Waals surface area (Å²) in [6, 6.07) is 22.8. The van der Waals surface area contributed by atoms with E-state index in [-0.39, 0.29) is 71.4 Å². The van der Waals surface area contributed by atoms with Crippen LogP contribution < -0.4 is 37.2 Å². The molecule has 0 heterocycles. The van der Waals surface area contributed by atoms with Gasteiger partial charge in [-0.3, -0.25) is 28.8 Å². The predicted molar refractivity (Wildman–Crippen MR) is 340 cm³/mol. The highest BCUT2D eigenvalue weighted by atomic mass is 16.6. The normalized spacial score (nSPS) is 12.3. The van der Waals surface area contributed by atoms with Gasteiger partial charge >= 0.3 is 6.09 Å². The number of benzene rings is 3. The second-order valence-corrected chi connectivity index (χ2v) is 20.6. The molecule has 0 bridgehead atoms. The molecule has 3 aromatic rings. The van der Waals surface area contributed by atoms with Crippen LogP contribution in [0.5, 0.6) is 0 Å². The zero-order valence-corrected chi connectivity index (χ0v) is 54.1. The van der Waals surface area contributed by atoms with Gasteiger partial charge in [-0.1, -0.05) is 78.9 Å². The van der Waals surface area contributed by atoms with Crippen molar-refractivity contribution in [3.05, 3.63) is 95.6 Å². The fraction of sp³-hybridized carbons (Fsp3) is 0.615. The van der Waals surface area contributed by atoms with Crippen molar-refractivity contribution in [1.82, 2.24) is 37.2 Å². The highest BCUT2D eigenvalue weighted by molar-refractivity contribution is 5.94. The van der Waals surface area contributed by atoms with Crippen LogP contribution in [0.2, 0.25) is 0 Å². The van der Waals surface area contributed by atoms with E-state index in [2.05, 4.69) is 49.4 Å². The molecule has 93 heavy (non-hydrogen) atoms. The fourth-order valence-electron chi connectivity index (χ4n) is 8.88. The van der Waals surface area contributed by atoms with E-state index in [4.69, 9.17) is 66.3 Å². The number of amides is 7. The van der Waals surface area contributed by atoms with E-state index < -0.39 is 66.7 Å². The maximum atomic E-state index is 13.5. The van der Waals surface area contributed by atoms with Crippen LogP contribution in [-0.4, -0.2) is 259 Å². The van der Waals surface area contributed by atoms with E-state index >= 15 is 0 Å². The van der Waals surface area contributed by atoms with Crippen molar-refractivity contribution >= 4 is 41.5 Å². The second-order valence-electron chi connectivity index (χ2n) is 20.6. The van der Waals surface area contributed by atoms with Gasteiger partial charge in [0.05, 0.1) is 172 Å². The molecule has 0 aliphatic heterocycles. The first-order valence-corrected chi connectivity index (χ1v) is 31.8. The average molecular weight is 1310 g/mol. The molecule has 0 spiro atoms. The Kier molecular flexibility index (Phi) is 44.5. The van der Waals surface area contributed by atoms with Crippen LogP contribution in [0.1, 0.15) is 55.2 Å². The summed E-state index contributed by atoms with van der Waals surface area (Å²) in [6.07, 6.45) is 0.406. The first-order valence-electron chi connectivity index (χ1n) is 31.8. The number of alkyl carbamates (subject to hydrolysis) is 1. The lowest BCUT2D eigenvalue weighted by molar-refractivity contribution is -0.132. The van der Waals surface area contributed by atoms with Gasteiger partial charge in [0, 0.05) is 39.0 Å². The summed E-state index contributed by atoms with van der Waals surface area (Å²) in [5.74, 6) is -3.77. The summed E-state index contributed by atoms with van der Waals surface area (Å²) < 4.78 is 76.2. The molecule has 0 saturated carbocycles. The molecule has 0 fully saturated rings. The standard InChI is InChI=1S/C65H99N7O21/c1-3-81-50-70-61(75)47-69-64(78)58(45-51-13-5-4-6-14-51)72-62(76)48-67-60(74)46-68-63(77)57(19-11-12-21-66-65(79)93-49-56-54-17-9-7-15-52(54)53-16-8-10-18-55(53)56)71-59(73)20-22-82-25-26-84-29-30-86-33-34-88-37-38-90-41-42-92-44-43-91-40-39-89-36-35-87-32-31-85-28-27-83-24-23-80-2/h4-10,13-18,56-58H,3,11-12,19-50H2,1-2H3,(H,66,79)(H,67,74)(H,68,77)(H,69,78)(H,70,75)(H,71,73)(H,72,76)/t57-,58-/m0/s1. The van der Waals surface area contributed by atoms with Crippen LogP contribution in [0.3, 0.4) is 0 Å². The quantitative estimate of drug-likeness (QED) is 0.0312. The first kappa shape index (κ1) is 78.7. The Labute approximate surface area is 545 Å². The molecule has 0 saturated heterocycles. The van der Waals surface area contributed by atoms with E-state index in [1.807, 2.05) is 36.4 Å². The van der Waals surface area contributed by atoms with E-state index in [0.717, 1.165) is 27.8 Å². The summed E-state index contributed by atoms with van der Waals surface area (Å²) >= 11 is 0. The molecule has 7 amide bonds.